The van der Waals surface area contributed by atoms with Crippen molar-refractivity contribution >= 4 is 44.3 Å². The summed E-state index contributed by atoms with van der Waals surface area (Å²) in [7, 11) is 0. The Morgan fingerprint density at radius 2 is 1.87 bits per heavy atom. The number of carbonyl (C=O) groups excluding carboxylic acids is 1. The average Bonchev–Trinajstić information content (AvgIpc) is 2.70. The van der Waals surface area contributed by atoms with Crippen LogP contribution in [0.5, 0.6) is 0 Å². The molecule has 0 radical (unpaired) electrons. The van der Waals surface area contributed by atoms with Crippen molar-refractivity contribution in [2.24, 2.45) is 4.99 Å². The van der Waals surface area contributed by atoms with Crippen LogP contribution in [0.25, 0.3) is 11.0 Å². The first-order chi connectivity index (χ1) is 14.4. The van der Waals surface area contributed by atoms with Crippen molar-refractivity contribution in [2.75, 3.05) is 5.32 Å². The van der Waals surface area contributed by atoms with Gasteiger partial charge in [0.1, 0.15) is 17.0 Å². The monoisotopic (exact) mass is 461 g/mol. The molecule has 0 aliphatic rings. The van der Waals surface area contributed by atoms with Gasteiger partial charge in [-0.3, -0.25) is 4.79 Å². The van der Waals surface area contributed by atoms with Crippen LogP contribution in [0.3, 0.4) is 0 Å². The number of carbonyl (C=O) groups is 1. The zero-order chi connectivity index (χ0) is 21.3. The van der Waals surface area contributed by atoms with Crippen molar-refractivity contribution in [3.63, 3.8) is 0 Å². The first-order valence-electron chi connectivity index (χ1n) is 9.49. The predicted octanol–water partition coefficient (Wildman–Crippen LogP) is 6.00. The number of nitrogens with zero attached hydrogens (tertiary/aromatic N) is 2. The molecule has 1 amide bonds. The van der Waals surface area contributed by atoms with Crippen LogP contribution in [0.4, 0.5) is 11.5 Å². The molecule has 0 unspecified atom stereocenters. The molecular weight excluding hydrogens is 442 g/mol. The summed E-state index contributed by atoms with van der Waals surface area (Å²) in [6.45, 7) is 5.86. The number of pyridine rings is 1. The number of fused-ring (bicyclic) bond motifs is 1. The van der Waals surface area contributed by atoms with Gasteiger partial charge in [-0.1, -0.05) is 34.1 Å². The molecule has 0 aliphatic heterocycles. The van der Waals surface area contributed by atoms with Crippen molar-refractivity contribution < 1.29 is 9.21 Å². The second-order valence-electron chi connectivity index (χ2n) is 7.17. The van der Waals surface area contributed by atoms with Gasteiger partial charge in [0, 0.05) is 15.6 Å². The van der Waals surface area contributed by atoms with E-state index in [0.717, 1.165) is 32.4 Å². The van der Waals surface area contributed by atoms with Crippen LogP contribution in [-0.4, -0.2) is 10.9 Å². The number of aryl methyl sites for hydroxylation is 3. The van der Waals surface area contributed by atoms with E-state index in [0.29, 0.717) is 17.0 Å². The fourth-order valence-corrected chi connectivity index (χ4v) is 3.47. The van der Waals surface area contributed by atoms with Crippen molar-refractivity contribution in [3.8, 4) is 0 Å². The van der Waals surface area contributed by atoms with Gasteiger partial charge in [-0.15, -0.1) is 0 Å². The first-order valence-corrected chi connectivity index (χ1v) is 10.3. The van der Waals surface area contributed by atoms with E-state index in [-0.39, 0.29) is 11.5 Å². The average molecular weight is 462 g/mol. The highest BCUT2D eigenvalue weighted by Gasteiger charge is 2.14. The zero-order valence-electron chi connectivity index (χ0n) is 16.9. The lowest BCUT2D eigenvalue weighted by atomic mass is 10.1. The van der Waals surface area contributed by atoms with Crippen molar-refractivity contribution in [2.45, 2.75) is 20.8 Å². The number of rotatable bonds is 3. The first kappa shape index (κ1) is 20.0. The van der Waals surface area contributed by atoms with Crippen LogP contribution >= 0.6 is 15.9 Å². The van der Waals surface area contributed by atoms with Crippen LogP contribution in [0, 0.1) is 20.8 Å². The van der Waals surface area contributed by atoms with Gasteiger partial charge in [0.25, 0.3) is 5.91 Å². The molecule has 0 spiro atoms. The van der Waals surface area contributed by atoms with Gasteiger partial charge in [-0.05, 0) is 74.4 Å². The van der Waals surface area contributed by atoms with Gasteiger partial charge < -0.3 is 9.73 Å². The summed E-state index contributed by atoms with van der Waals surface area (Å²) in [6.07, 6.45) is 0. The quantitative estimate of drug-likeness (QED) is 0.406. The van der Waals surface area contributed by atoms with E-state index < -0.39 is 0 Å². The summed E-state index contributed by atoms with van der Waals surface area (Å²) in [4.78, 5) is 22.2. The molecule has 5 nitrogen and oxygen atoms in total. The number of amides is 1. The smallest absolute Gasteiger partial charge is 0.262 e. The Balaban J connectivity index is 1.89. The molecule has 0 saturated heterocycles. The van der Waals surface area contributed by atoms with Crippen LogP contribution in [0.1, 0.15) is 27.2 Å². The van der Waals surface area contributed by atoms with Crippen molar-refractivity contribution in [1.82, 2.24) is 4.98 Å². The lowest BCUT2D eigenvalue weighted by molar-refractivity contribution is 0.102. The Labute approximate surface area is 182 Å². The molecule has 2 heterocycles. The van der Waals surface area contributed by atoms with Crippen LogP contribution < -0.4 is 10.9 Å². The Morgan fingerprint density at radius 1 is 1.03 bits per heavy atom. The summed E-state index contributed by atoms with van der Waals surface area (Å²) in [5.74, 6) is 0.148. The largest absolute Gasteiger partial charge is 0.438 e. The van der Waals surface area contributed by atoms with Gasteiger partial charge in [0.2, 0.25) is 5.55 Å². The predicted molar refractivity (Wildman–Crippen MR) is 122 cm³/mol. The minimum Gasteiger partial charge on any atom is -0.438 e. The van der Waals surface area contributed by atoms with E-state index in [9.17, 15) is 4.79 Å². The normalized spacial score (nSPS) is 11.7. The van der Waals surface area contributed by atoms with Gasteiger partial charge in [-0.25, -0.2) is 9.98 Å². The second-order valence-corrected chi connectivity index (χ2v) is 8.08. The van der Waals surface area contributed by atoms with E-state index in [1.807, 2.05) is 69.3 Å². The molecule has 0 bridgehead atoms. The number of anilines is 1. The highest BCUT2D eigenvalue weighted by atomic mass is 79.9. The second kappa shape index (κ2) is 8.24. The van der Waals surface area contributed by atoms with Crippen LogP contribution in [0.15, 0.2) is 74.5 Å². The molecule has 0 saturated carbocycles. The molecule has 0 aliphatic carbocycles. The third-order valence-corrected chi connectivity index (χ3v) is 5.16. The zero-order valence-corrected chi connectivity index (χ0v) is 18.4. The Morgan fingerprint density at radius 3 is 2.67 bits per heavy atom. The standard InChI is InChI=1S/C24H20BrN3O2/c1-14-7-8-15(2)20(11-14)27-24-19(13-17-12-18(25)9-10-21(17)30-24)23(29)28-22-6-4-5-16(3)26-22/h4-13H,1-3H3,(H,26,28,29). The van der Waals surface area contributed by atoms with E-state index in [4.69, 9.17) is 9.41 Å². The molecular formula is C24H20BrN3O2. The number of hydrogen-bond donors (Lipinski definition) is 1. The topological polar surface area (TPSA) is 67.5 Å². The lowest BCUT2D eigenvalue weighted by Crippen LogP contribution is -2.22. The Hall–Kier alpha value is -3.25. The summed E-state index contributed by atoms with van der Waals surface area (Å²) in [5.41, 5.74) is 4.90. The van der Waals surface area contributed by atoms with E-state index >= 15 is 0 Å². The molecule has 30 heavy (non-hydrogen) atoms. The summed E-state index contributed by atoms with van der Waals surface area (Å²) < 4.78 is 6.96. The van der Waals surface area contributed by atoms with E-state index in [1.54, 1.807) is 12.1 Å². The third-order valence-electron chi connectivity index (χ3n) is 4.67. The molecule has 0 atom stereocenters. The maximum absolute atomic E-state index is 13.1. The Kier molecular flexibility index (Phi) is 5.50. The maximum Gasteiger partial charge on any atom is 0.262 e. The molecule has 2 aromatic heterocycles. The molecule has 2 aromatic carbocycles. The van der Waals surface area contributed by atoms with Gasteiger partial charge in [-0.2, -0.15) is 0 Å². The fraction of sp³-hybridized carbons (Fsp3) is 0.125. The number of nitrogens with one attached hydrogen (secondary N) is 1. The van der Waals surface area contributed by atoms with Crippen LogP contribution in [-0.2, 0) is 0 Å². The summed E-state index contributed by atoms with van der Waals surface area (Å²) >= 11 is 3.47. The SMILES string of the molecule is Cc1ccc(C)c(N=c2oc3ccc(Br)cc3cc2C(=O)Nc2cccc(C)n2)c1. The number of aromatic nitrogens is 1. The summed E-state index contributed by atoms with van der Waals surface area (Å²) in [6, 6.07) is 18.9. The lowest BCUT2D eigenvalue weighted by Gasteiger charge is -2.08. The minimum atomic E-state index is -0.331. The van der Waals surface area contributed by atoms with Gasteiger partial charge in [0.15, 0.2) is 0 Å². The van der Waals surface area contributed by atoms with Crippen LogP contribution in [0.2, 0.25) is 0 Å². The maximum atomic E-state index is 13.1. The fourth-order valence-electron chi connectivity index (χ4n) is 3.09. The number of benzene rings is 2. The van der Waals surface area contributed by atoms with Gasteiger partial charge in [0.05, 0.1) is 5.69 Å². The van der Waals surface area contributed by atoms with Crippen molar-refractivity contribution in [3.05, 3.63) is 93.1 Å². The molecule has 1 N–H and O–H groups in total. The Bertz CT molecular complexity index is 1340. The molecule has 4 rings (SSSR count). The summed E-state index contributed by atoms with van der Waals surface area (Å²) in [5, 5.41) is 3.65. The minimum absolute atomic E-state index is 0.253. The number of hydrogen-bond acceptors (Lipinski definition) is 4. The molecule has 6 heteroatoms. The third kappa shape index (κ3) is 4.33. The molecule has 0 fully saturated rings. The van der Waals surface area contributed by atoms with Gasteiger partial charge >= 0.3 is 0 Å². The highest BCUT2D eigenvalue weighted by Crippen LogP contribution is 2.22. The highest BCUT2D eigenvalue weighted by molar-refractivity contribution is 9.10. The van der Waals surface area contributed by atoms with Crippen molar-refractivity contribution in [1.29, 1.82) is 0 Å². The number of halogens is 1. The van der Waals surface area contributed by atoms with E-state index in [2.05, 4.69) is 26.2 Å². The molecule has 150 valence electrons. The van der Waals surface area contributed by atoms with E-state index in [1.165, 1.54) is 0 Å². The molecule has 4 aromatic rings.